The Kier molecular flexibility index (Phi) is 4.52. The number of thiazole rings is 1. The molecule has 3 rings (SSSR count). The molecular formula is C15H16N6O2S. The molecule has 0 spiro atoms. The first-order valence-electron chi connectivity index (χ1n) is 7.40. The number of carbonyl (C=O) groups is 2. The van der Waals surface area contributed by atoms with Gasteiger partial charge in [-0.25, -0.2) is 9.67 Å². The first-order valence-corrected chi connectivity index (χ1v) is 8.22. The minimum Gasteiger partial charge on any atom is -0.324 e. The standard InChI is InChI=1S/C15H16N6O2S/c1-3-14(22)18-13-7-21(20-19-13)8-15(23)17-10-4-5-11-12(6-10)24-9(2)16-11/h4-7H,3,8H2,1-2H3,(H,17,23)(H,18,22). The van der Waals surface area contributed by atoms with Crippen molar-refractivity contribution in [2.75, 3.05) is 10.6 Å². The largest absolute Gasteiger partial charge is 0.324 e. The lowest BCUT2D eigenvalue weighted by Crippen LogP contribution is -2.19. The summed E-state index contributed by atoms with van der Waals surface area (Å²) in [5.74, 6) is -0.0512. The van der Waals surface area contributed by atoms with Crippen molar-refractivity contribution in [1.82, 2.24) is 20.0 Å². The van der Waals surface area contributed by atoms with Crippen LogP contribution in [-0.2, 0) is 16.1 Å². The fraction of sp³-hybridized carbons (Fsp3) is 0.267. The SMILES string of the molecule is CCC(=O)Nc1cn(CC(=O)Nc2ccc3nc(C)sc3c2)nn1. The Bertz CT molecular complexity index is 900. The van der Waals surface area contributed by atoms with E-state index < -0.39 is 0 Å². The van der Waals surface area contributed by atoms with Crippen molar-refractivity contribution in [3.63, 3.8) is 0 Å². The number of hydrogen-bond acceptors (Lipinski definition) is 6. The number of nitrogens with zero attached hydrogens (tertiary/aromatic N) is 4. The zero-order valence-corrected chi connectivity index (χ0v) is 14.1. The van der Waals surface area contributed by atoms with E-state index in [-0.39, 0.29) is 18.4 Å². The lowest BCUT2D eigenvalue weighted by atomic mass is 10.3. The summed E-state index contributed by atoms with van der Waals surface area (Å²) >= 11 is 1.58. The van der Waals surface area contributed by atoms with E-state index in [1.165, 1.54) is 10.9 Å². The quantitative estimate of drug-likeness (QED) is 0.738. The van der Waals surface area contributed by atoms with Crippen LogP contribution in [0.4, 0.5) is 11.5 Å². The highest BCUT2D eigenvalue weighted by atomic mass is 32.1. The maximum Gasteiger partial charge on any atom is 0.246 e. The third-order valence-corrected chi connectivity index (χ3v) is 4.15. The predicted octanol–water partition coefficient (Wildman–Crippen LogP) is 2.18. The summed E-state index contributed by atoms with van der Waals surface area (Å²) in [5.41, 5.74) is 1.62. The number of amides is 2. The summed E-state index contributed by atoms with van der Waals surface area (Å²) in [7, 11) is 0. The number of anilines is 2. The van der Waals surface area contributed by atoms with Crippen molar-refractivity contribution in [1.29, 1.82) is 0 Å². The van der Waals surface area contributed by atoms with Gasteiger partial charge in [-0.1, -0.05) is 12.1 Å². The van der Waals surface area contributed by atoms with Gasteiger partial charge in [0.1, 0.15) is 6.54 Å². The molecule has 2 aromatic heterocycles. The van der Waals surface area contributed by atoms with Crippen molar-refractivity contribution < 1.29 is 9.59 Å². The molecule has 1 aromatic carbocycles. The van der Waals surface area contributed by atoms with Crippen LogP contribution in [0.25, 0.3) is 10.2 Å². The van der Waals surface area contributed by atoms with Crippen molar-refractivity contribution in [3.8, 4) is 0 Å². The number of hydrogen-bond donors (Lipinski definition) is 2. The summed E-state index contributed by atoms with van der Waals surface area (Å²) in [4.78, 5) is 27.8. The maximum atomic E-state index is 12.1. The van der Waals surface area contributed by atoms with Gasteiger partial charge in [-0.3, -0.25) is 9.59 Å². The molecule has 0 bridgehead atoms. The lowest BCUT2D eigenvalue weighted by Gasteiger charge is -2.04. The normalized spacial score (nSPS) is 10.8. The molecule has 0 atom stereocenters. The van der Waals surface area contributed by atoms with Crippen molar-refractivity contribution in [2.45, 2.75) is 26.8 Å². The molecule has 0 aliphatic rings. The average Bonchev–Trinajstić information content (AvgIpc) is 3.11. The third-order valence-electron chi connectivity index (χ3n) is 3.21. The molecule has 0 saturated carbocycles. The number of fused-ring (bicyclic) bond motifs is 1. The third kappa shape index (κ3) is 3.74. The van der Waals surface area contributed by atoms with Gasteiger partial charge in [0.05, 0.1) is 21.4 Å². The van der Waals surface area contributed by atoms with Crippen LogP contribution in [0.5, 0.6) is 0 Å². The molecule has 2 heterocycles. The van der Waals surface area contributed by atoms with Gasteiger partial charge in [0.15, 0.2) is 5.82 Å². The number of aryl methyl sites for hydroxylation is 1. The fourth-order valence-corrected chi connectivity index (χ4v) is 3.00. The zero-order valence-electron chi connectivity index (χ0n) is 13.2. The van der Waals surface area contributed by atoms with Crippen LogP contribution < -0.4 is 10.6 Å². The fourth-order valence-electron chi connectivity index (χ4n) is 2.13. The molecule has 0 radical (unpaired) electrons. The molecule has 0 aliphatic heterocycles. The summed E-state index contributed by atoms with van der Waals surface area (Å²) in [5, 5.41) is 14.0. The first-order chi connectivity index (χ1) is 11.5. The Morgan fingerprint density at radius 2 is 2.08 bits per heavy atom. The van der Waals surface area contributed by atoms with E-state index in [0.29, 0.717) is 17.9 Å². The molecule has 0 fully saturated rings. The first kappa shape index (κ1) is 16.1. The Morgan fingerprint density at radius 3 is 2.88 bits per heavy atom. The Morgan fingerprint density at radius 1 is 1.25 bits per heavy atom. The van der Waals surface area contributed by atoms with Crippen molar-refractivity contribution >= 4 is 44.9 Å². The van der Waals surface area contributed by atoms with Gasteiger partial charge < -0.3 is 10.6 Å². The van der Waals surface area contributed by atoms with Gasteiger partial charge >= 0.3 is 0 Å². The van der Waals surface area contributed by atoms with Gasteiger partial charge in [-0.15, -0.1) is 16.4 Å². The van der Waals surface area contributed by atoms with E-state index in [1.54, 1.807) is 18.3 Å². The van der Waals surface area contributed by atoms with Crippen LogP contribution in [0.1, 0.15) is 18.4 Å². The molecule has 8 nitrogen and oxygen atoms in total. The average molecular weight is 344 g/mol. The van der Waals surface area contributed by atoms with E-state index >= 15 is 0 Å². The van der Waals surface area contributed by atoms with Gasteiger partial charge in [-0.05, 0) is 25.1 Å². The highest BCUT2D eigenvalue weighted by molar-refractivity contribution is 7.18. The number of nitrogens with one attached hydrogen (secondary N) is 2. The summed E-state index contributed by atoms with van der Waals surface area (Å²) in [6.07, 6.45) is 1.87. The van der Waals surface area contributed by atoms with Gasteiger partial charge in [0, 0.05) is 12.1 Å². The topological polar surface area (TPSA) is 102 Å². The zero-order chi connectivity index (χ0) is 17.1. The second kappa shape index (κ2) is 6.75. The molecule has 0 saturated heterocycles. The van der Waals surface area contributed by atoms with E-state index in [1.807, 2.05) is 25.1 Å². The van der Waals surface area contributed by atoms with Gasteiger partial charge in [-0.2, -0.15) is 0 Å². The Hall–Kier alpha value is -2.81. The molecule has 0 aliphatic carbocycles. The van der Waals surface area contributed by atoms with Crippen LogP contribution >= 0.6 is 11.3 Å². The van der Waals surface area contributed by atoms with Crippen molar-refractivity contribution in [2.24, 2.45) is 0 Å². The summed E-state index contributed by atoms with van der Waals surface area (Å²) < 4.78 is 2.39. The highest BCUT2D eigenvalue weighted by Gasteiger charge is 2.09. The highest BCUT2D eigenvalue weighted by Crippen LogP contribution is 2.24. The second-order valence-electron chi connectivity index (χ2n) is 5.17. The minimum atomic E-state index is -0.228. The van der Waals surface area contributed by atoms with E-state index in [9.17, 15) is 9.59 Å². The van der Waals surface area contributed by atoms with Crippen LogP contribution in [0, 0.1) is 6.92 Å². The molecule has 3 aromatic rings. The number of rotatable bonds is 5. The van der Waals surface area contributed by atoms with Gasteiger partial charge in [0.2, 0.25) is 11.8 Å². The molecule has 0 unspecified atom stereocenters. The Labute approximate surface area is 141 Å². The molecular weight excluding hydrogens is 328 g/mol. The van der Waals surface area contributed by atoms with E-state index in [2.05, 4.69) is 25.9 Å². The van der Waals surface area contributed by atoms with Crippen molar-refractivity contribution in [3.05, 3.63) is 29.4 Å². The molecule has 124 valence electrons. The second-order valence-corrected chi connectivity index (χ2v) is 6.40. The number of benzene rings is 1. The lowest BCUT2D eigenvalue weighted by molar-refractivity contribution is -0.117. The molecule has 2 amide bonds. The molecule has 24 heavy (non-hydrogen) atoms. The smallest absolute Gasteiger partial charge is 0.246 e. The maximum absolute atomic E-state index is 12.1. The summed E-state index contributed by atoms with van der Waals surface area (Å²) in [6.45, 7) is 3.70. The van der Waals surface area contributed by atoms with Crippen LogP contribution in [-0.4, -0.2) is 31.8 Å². The molecule has 2 N–H and O–H groups in total. The Balaban J connectivity index is 1.63. The van der Waals surface area contributed by atoms with E-state index in [0.717, 1.165) is 15.2 Å². The number of carbonyl (C=O) groups excluding carboxylic acids is 2. The van der Waals surface area contributed by atoms with Gasteiger partial charge in [0.25, 0.3) is 0 Å². The van der Waals surface area contributed by atoms with Crippen LogP contribution in [0.3, 0.4) is 0 Å². The predicted molar refractivity (Wildman–Crippen MR) is 91.9 cm³/mol. The minimum absolute atomic E-state index is 0.00868. The summed E-state index contributed by atoms with van der Waals surface area (Å²) in [6, 6.07) is 5.59. The number of aromatic nitrogens is 4. The monoisotopic (exact) mass is 344 g/mol. The van der Waals surface area contributed by atoms with Crippen LogP contribution in [0.2, 0.25) is 0 Å². The molecule has 9 heteroatoms. The van der Waals surface area contributed by atoms with E-state index in [4.69, 9.17) is 0 Å². The van der Waals surface area contributed by atoms with Crippen LogP contribution in [0.15, 0.2) is 24.4 Å².